The van der Waals surface area contributed by atoms with E-state index in [0.717, 1.165) is 16.8 Å². The Labute approximate surface area is 118 Å². The van der Waals surface area contributed by atoms with Crippen molar-refractivity contribution in [3.63, 3.8) is 0 Å². The molecule has 2 atom stereocenters. The SMILES string of the molecule is CCOc1ccc(NC2=NC3CCCC3CS2)cn1. The lowest BCUT2D eigenvalue weighted by atomic mass is 10.1. The molecule has 2 unspecified atom stereocenters. The van der Waals surface area contributed by atoms with Crippen LogP contribution in [0.3, 0.4) is 0 Å². The van der Waals surface area contributed by atoms with Gasteiger partial charge in [0.05, 0.1) is 24.5 Å². The average molecular weight is 277 g/mol. The van der Waals surface area contributed by atoms with Gasteiger partial charge in [0.25, 0.3) is 0 Å². The van der Waals surface area contributed by atoms with E-state index in [9.17, 15) is 0 Å². The predicted octanol–water partition coefficient (Wildman–Crippen LogP) is 3.16. The summed E-state index contributed by atoms with van der Waals surface area (Å²) in [6.45, 7) is 2.60. The molecule has 1 aliphatic heterocycles. The van der Waals surface area contributed by atoms with Gasteiger partial charge in [0, 0.05) is 11.8 Å². The molecule has 1 aromatic rings. The van der Waals surface area contributed by atoms with Gasteiger partial charge >= 0.3 is 0 Å². The van der Waals surface area contributed by atoms with E-state index < -0.39 is 0 Å². The normalized spacial score (nSPS) is 25.6. The van der Waals surface area contributed by atoms with E-state index in [-0.39, 0.29) is 0 Å². The number of nitrogens with zero attached hydrogens (tertiary/aromatic N) is 2. The summed E-state index contributed by atoms with van der Waals surface area (Å²) in [7, 11) is 0. The molecule has 1 fully saturated rings. The molecule has 0 radical (unpaired) electrons. The maximum atomic E-state index is 5.33. The van der Waals surface area contributed by atoms with Gasteiger partial charge in [0.2, 0.25) is 5.88 Å². The molecule has 0 saturated heterocycles. The highest BCUT2D eigenvalue weighted by Gasteiger charge is 2.30. The quantitative estimate of drug-likeness (QED) is 0.922. The van der Waals surface area contributed by atoms with E-state index >= 15 is 0 Å². The van der Waals surface area contributed by atoms with Crippen LogP contribution < -0.4 is 10.1 Å². The van der Waals surface area contributed by atoms with Crippen LogP contribution in [0.5, 0.6) is 5.88 Å². The summed E-state index contributed by atoms with van der Waals surface area (Å²) < 4.78 is 5.33. The van der Waals surface area contributed by atoms with Gasteiger partial charge in [-0.05, 0) is 31.7 Å². The lowest BCUT2D eigenvalue weighted by Crippen LogP contribution is -2.25. The number of nitrogens with one attached hydrogen (secondary N) is 1. The van der Waals surface area contributed by atoms with Gasteiger partial charge in [-0.15, -0.1) is 0 Å². The molecule has 19 heavy (non-hydrogen) atoms. The summed E-state index contributed by atoms with van der Waals surface area (Å²) in [4.78, 5) is 9.06. The largest absolute Gasteiger partial charge is 0.478 e. The summed E-state index contributed by atoms with van der Waals surface area (Å²) in [5, 5.41) is 4.39. The zero-order chi connectivity index (χ0) is 13.1. The topological polar surface area (TPSA) is 46.5 Å². The van der Waals surface area contributed by atoms with Crippen LogP contribution in [-0.2, 0) is 0 Å². The zero-order valence-electron chi connectivity index (χ0n) is 11.1. The standard InChI is InChI=1S/C14H19N3OS/c1-2-18-13-7-6-11(8-15-13)16-14-17-12-5-3-4-10(12)9-19-14/h6-8,10,12H,2-5,9H2,1H3,(H,16,17). The summed E-state index contributed by atoms with van der Waals surface area (Å²) in [6.07, 6.45) is 5.73. The molecule has 4 nitrogen and oxygen atoms in total. The Morgan fingerprint density at radius 2 is 2.37 bits per heavy atom. The molecular formula is C14H19N3OS. The number of thioether (sulfide) groups is 1. The number of fused-ring (bicyclic) bond motifs is 1. The Kier molecular flexibility index (Phi) is 3.92. The first-order valence-corrected chi connectivity index (χ1v) is 7.90. The Hall–Kier alpha value is -1.23. The minimum atomic E-state index is 0.541. The third kappa shape index (κ3) is 3.03. The third-order valence-electron chi connectivity index (χ3n) is 3.62. The van der Waals surface area contributed by atoms with Gasteiger partial charge in [0.15, 0.2) is 5.17 Å². The summed E-state index contributed by atoms with van der Waals surface area (Å²) >= 11 is 1.83. The van der Waals surface area contributed by atoms with Crippen LogP contribution in [0, 0.1) is 5.92 Å². The number of amidine groups is 1. The lowest BCUT2D eigenvalue weighted by molar-refractivity contribution is 0.327. The first-order chi connectivity index (χ1) is 9.35. The van der Waals surface area contributed by atoms with Crippen molar-refractivity contribution >= 4 is 22.6 Å². The monoisotopic (exact) mass is 277 g/mol. The maximum absolute atomic E-state index is 5.33. The fourth-order valence-corrected chi connectivity index (χ4v) is 3.80. The van der Waals surface area contributed by atoms with E-state index in [4.69, 9.17) is 9.73 Å². The smallest absolute Gasteiger partial charge is 0.213 e. The number of hydrogen-bond acceptors (Lipinski definition) is 5. The van der Waals surface area contributed by atoms with Crippen LogP contribution in [0.2, 0.25) is 0 Å². The van der Waals surface area contributed by atoms with Crippen LogP contribution in [0.4, 0.5) is 5.69 Å². The molecule has 2 heterocycles. The van der Waals surface area contributed by atoms with Gasteiger partial charge < -0.3 is 10.1 Å². The highest BCUT2D eigenvalue weighted by molar-refractivity contribution is 8.14. The predicted molar refractivity (Wildman–Crippen MR) is 80.1 cm³/mol. The number of pyridine rings is 1. The Morgan fingerprint density at radius 1 is 1.42 bits per heavy atom. The van der Waals surface area contributed by atoms with Crippen molar-refractivity contribution in [3.05, 3.63) is 18.3 Å². The molecule has 0 amide bonds. The first-order valence-electron chi connectivity index (χ1n) is 6.91. The van der Waals surface area contributed by atoms with Crippen molar-refractivity contribution in [2.75, 3.05) is 17.7 Å². The highest BCUT2D eigenvalue weighted by atomic mass is 32.2. The Morgan fingerprint density at radius 3 is 3.16 bits per heavy atom. The van der Waals surface area contributed by atoms with Gasteiger partial charge in [0.1, 0.15) is 0 Å². The van der Waals surface area contributed by atoms with Crippen molar-refractivity contribution in [1.82, 2.24) is 4.98 Å². The molecule has 5 heteroatoms. The average Bonchev–Trinajstić information content (AvgIpc) is 2.89. The second kappa shape index (κ2) is 5.82. The third-order valence-corrected chi connectivity index (χ3v) is 4.69. The van der Waals surface area contributed by atoms with Crippen molar-refractivity contribution in [1.29, 1.82) is 0 Å². The molecule has 1 aromatic heterocycles. The second-order valence-corrected chi connectivity index (χ2v) is 5.96. The fraction of sp³-hybridized carbons (Fsp3) is 0.571. The van der Waals surface area contributed by atoms with E-state index in [1.807, 2.05) is 30.8 Å². The number of aromatic nitrogens is 1. The van der Waals surface area contributed by atoms with Gasteiger partial charge in [-0.1, -0.05) is 18.2 Å². The molecule has 0 aromatic carbocycles. The van der Waals surface area contributed by atoms with Crippen LogP contribution >= 0.6 is 11.8 Å². The van der Waals surface area contributed by atoms with Crippen LogP contribution in [0.15, 0.2) is 23.3 Å². The minimum absolute atomic E-state index is 0.541. The molecular weight excluding hydrogens is 258 g/mol. The van der Waals surface area contributed by atoms with Crippen LogP contribution in [0.1, 0.15) is 26.2 Å². The molecule has 102 valence electrons. The van der Waals surface area contributed by atoms with E-state index in [0.29, 0.717) is 18.5 Å². The van der Waals surface area contributed by atoms with Crippen molar-refractivity contribution < 1.29 is 4.74 Å². The van der Waals surface area contributed by atoms with Gasteiger partial charge in [-0.2, -0.15) is 0 Å². The van der Waals surface area contributed by atoms with Crippen LogP contribution in [-0.4, -0.2) is 28.6 Å². The molecule has 1 aliphatic carbocycles. The number of aliphatic imine (C=N–C) groups is 1. The molecule has 2 aliphatic rings. The second-order valence-electron chi connectivity index (χ2n) is 4.95. The Balaban J connectivity index is 1.64. The number of hydrogen-bond donors (Lipinski definition) is 1. The van der Waals surface area contributed by atoms with E-state index in [1.165, 1.54) is 25.0 Å². The van der Waals surface area contributed by atoms with E-state index in [1.54, 1.807) is 6.20 Å². The molecule has 0 spiro atoms. The molecule has 3 rings (SSSR count). The van der Waals surface area contributed by atoms with Crippen LogP contribution in [0.25, 0.3) is 0 Å². The molecule has 0 bridgehead atoms. The summed E-state index contributed by atoms with van der Waals surface area (Å²) in [5.41, 5.74) is 0.978. The van der Waals surface area contributed by atoms with Gasteiger partial charge in [-0.3, -0.25) is 4.99 Å². The molecule has 1 saturated carbocycles. The van der Waals surface area contributed by atoms with Crippen molar-refractivity contribution in [2.45, 2.75) is 32.2 Å². The zero-order valence-corrected chi connectivity index (χ0v) is 11.9. The Bertz CT molecular complexity index is 460. The number of ether oxygens (including phenoxy) is 1. The number of rotatable bonds is 3. The van der Waals surface area contributed by atoms with E-state index in [2.05, 4.69) is 10.3 Å². The first kappa shape index (κ1) is 12.8. The minimum Gasteiger partial charge on any atom is -0.478 e. The molecule has 1 N–H and O–H groups in total. The summed E-state index contributed by atoms with van der Waals surface area (Å²) in [5.74, 6) is 2.66. The summed E-state index contributed by atoms with van der Waals surface area (Å²) in [6, 6.07) is 4.42. The highest BCUT2D eigenvalue weighted by Crippen LogP contribution is 2.35. The number of anilines is 1. The lowest BCUT2D eigenvalue weighted by Gasteiger charge is -2.23. The maximum Gasteiger partial charge on any atom is 0.213 e. The van der Waals surface area contributed by atoms with Crippen molar-refractivity contribution in [2.24, 2.45) is 10.9 Å². The van der Waals surface area contributed by atoms with Crippen molar-refractivity contribution in [3.8, 4) is 5.88 Å². The van der Waals surface area contributed by atoms with Gasteiger partial charge in [-0.25, -0.2) is 4.98 Å². The fourth-order valence-electron chi connectivity index (χ4n) is 2.63.